The highest BCUT2D eigenvalue weighted by Crippen LogP contribution is 2.32. The number of para-hydroxylation sites is 1. The maximum Gasteiger partial charge on any atom is 0.0799 e. The first-order valence-corrected chi connectivity index (χ1v) is 13.4. The van der Waals surface area contributed by atoms with Gasteiger partial charge >= 0.3 is 0 Å². The van der Waals surface area contributed by atoms with Crippen LogP contribution in [-0.4, -0.2) is 17.6 Å². The molecule has 0 unspecified atom stereocenters. The lowest BCUT2D eigenvalue weighted by atomic mass is 10.0. The van der Waals surface area contributed by atoms with E-state index in [2.05, 4.69) is 92.8 Å². The van der Waals surface area contributed by atoms with Crippen molar-refractivity contribution >= 4 is 35.1 Å². The molecule has 0 amide bonds. The molecular formula is C24H28N2Si. The van der Waals surface area contributed by atoms with E-state index in [1.54, 1.807) is 0 Å². The summed E-state index contributed by atoms with van der Waals surface area (Å²) in [5.74, 6) is 0. The molecule has 0 fully saturated rings. The van der Waals surface area contributed by atoms with E-state index in [4.69, 9.17) is 4.98 Å². The van der Waals surface area contributed by atoms with Gasteiger partial charge in [0.2, 0.25) is 0 Å². The average molecular weight is 373 g/mol. The van der Waals surface area contributed by atoms with Crippen molar-refractivity contribution in [3.63, 3.8) is 0 Å². The zero-order valence-electron chi connectivity index (χ0n) is 17.0. The van der Waals surface area contributed by atoms with Gasteiger partial charge in [-0.2, -0.15) is 0 Å². The summed E-state index contributed by atoms with van der Waals surface area (Å²) in [6, 6.07) is 17.8. The van der Waals surface area contributed by atoms with Crippen LogP contribution in [0.4, 0.5) is 0 Å². The highest BCUT2D eigenvalue weighted by molar-refractivity contribution is 6.89. The lowest BCUT2D eigenvalue weighted by molar-refractivity contribution is 0.827. The van der Waals surface area contributed by atoms with E-state index in [0.717, 1.165) is 18.7 Å². The van der Waals surface area contributed by atoms with Gasteiger partial charge in [-0.05, 0) is 48.4 Å². The highest BCUT2D eigenvalue weighted by atomic mass is 28.3. The minimum Gasteiger partial charge on any atom is -0.341 e. The topological polar surface area (TPSA) is 17.8 Å². The SMILES string of the molecule is CCc1cc(-c2ccc3c(c2)c2ccccc2n3CC)ncc1[Si](C)(C)C. The predicted molar refractivity (Wildman–Crippen MR) is 121 cm³/mol. The van der Waals surface area contributed by atoms with Crippen LogP contribution in [0.1, 0.15) is 19.4 Å². The number of rotatable bonds is 4. The third-order valence-electron chi connectivity index (χ3n) is 5.56. The fraction of sp³-hybridized carbons (Fsp3) is 0.292. The molecule has 0 saturated heterocycles. The normalized spacial score (nSPS) is 12.2. The van der Waals surface area contributed by atoms with Crippen LogP contribution in [0.3, 0.4) is 0 Å². The highest BCUT2D eigenvalue weighted by Gasteiger charge is 2.21. The molecule has 0 atom stereocenters. The molecule has 0 aliphatic rings. The molecule has 0 aliphatic carbocycles. The number of hydrogen-bond acceptors (Lipinski definition) is 1. The van der Waals surface area contributed by atoms with Crippen molar-refractivity contribution in [3.8, 4) is 11.3 Å². The molecule has 0 saturated carbocycles. The van der Waals surface area contributed by atoms with Crippen molar-refractivity contribution in [2.24, 2.45) is 0 Å². The summed E-state index contributed by atoms with van der Waals surface area (Å²) in [5, 5.41) is 4.13. The smallest absolute Gasteiger partial charge is 0.0799 e. The fourth-order valence-electron chi connectivity index (χ4n) is 4.18. The molecule has 4 aromatic rings. The second-order valence-corrected chi connectivity index (χ2v) is 13.4. The Kier molecular flexibility index (Phi) is 4.43. The molecule has 0 radical (unpaired) electrons. The van der Waals surface area contributed by atoms with Crippen molar-refractivity contribution in [1.29, 1.82) is 0 Å². The summed E-state index contributed by atoms with van der Waals surface area (Å²) in [4.78, 5) is 4.87. The van der Waals surface area contributed by atoms with Crippen molar-refractivity contribution < 1.29 is 0 Å². The molecule has 138 valence electrons. The van der Waals surface area contributed by atoms with Gasteiger partial charge in [-0.1, -0.05) is 50.8 Å². The van der Waals surface area contributed by atoms with Gasteiger partial charge in [-0.25, -0.2) is 0 Å². The Morgan fingerprint density at radius 1 is 0.889 bits per heavy atom. The van der Waals surface area contributed by atoms with Crippen LogP contribution in [0.2, 0.25) is 19.6 Å². The van der Waals surface area contributed by atoms with E-state index in [0.29, 0.717) is 0 Å². The quantitative estimate of drug-likeness (QED) is 0.403. The third kappa shape index (κ3) is 3.00. The zero-order chi connectivity index (χ0) is 19.2. The van der Waals surface area contributed by atoms with E-state index in [1.807, 2.05) is 0 Å². The van der Waals surface area contributed by atoms with E-state index in [-0.39, 0.29) is 0 Å². The molecule has 0 aliphatic heterocycles. The van der Waals surface area contributed by atoms with Crippen LogP contribution >= 0.6 is 0 Å². The molecule has 2 heterocycles. The number of pyridine rings is 1. The number of nitrogens with zero attached hydrogens (tertiary/aromatic N) is 2. The maximum atomic E-state index is 4.87. The maximum absolute atomic E-state index is 4.87. The molecule has 27 heavy (non-hydrogen) atoms. The summed E-state index contributed by atoms with van der Waals surface area (Å²) < 4.78 is 2.40. The first kappa shape index (κ1) is 18.0. The average Bonchev–Trinajstić information content (AvgIpc) is 2.99. The Balaban J connectivity index is 1.91. The molecule has 2 aromatic heterocycles. The summed E-state index contributed by atoms with van der Waals surface area (Å²) >= 11 is 0. The molecular weight excluding hydrogens is 344 g/mol. The van der Waals surface area contributed by atoms with Crippen molar-refractivity contribution in [2.75, 3.05) is 0 Å². The minimum atomic E-state index is -1.37. The molecule has 2 aromatic carbocycles. The van der Waals surface area contributed by atoms with Crippen LogP contribution in [0.25, 0.3) is 33.1 Å². The van der Waals surface area contributed by atoms with Gasteiger partial charge < -0.3 is 4.57 Å². The molecule has 3 heteroatoms. The van der Waals surface area contributed by atoms with Gasteiger partial charge in [0.05, 0.1) is 13.8 Å². The Labute approximate surface area is 162 Å². The number of aromatic nitrogens is 2. The molecule has 4 rings (SSSR count). The standard InChI is InChI=1S/C24H28N2Si/c1-6-17-15-21(25-16-24(17)27(3,4)5)18-12-13-23-20(14-18)19-10-8-9-11-22(19)26(23)7-2/h8-16H,6-7H2,1-5H3. The largest absolute Gasteiger partial charge is 0.341 e. The van der Waals surface area contributed by atoms with Crippen molar-refractivity contribution in [3.05, 3.63) is 60.3 Å². The first-order chi connectivity index (χ1) is 12.9. The lowest BCUT2D eigenvalue weighted by Crippen LogP contribution is -2.40. The Hall–Kier alpha value is -2.39. The van der Waals surface area contributed by atoms with E-state index < -0.39 is 8.07 Å². The van der Waals surface area contributed by atoms with Gasteiger partial charge in [0.1, 0.15) is 0 Å². The van der Waals surface area contributed by atoms with Gasteiger partial charge in [0.15, 0.2) is 0 Å². The van der Waals surface area contributed by atoms with Crippen molar-refractivity contribution in [1.82, 2.24) is 9.55 Å². The van der Waals surface area contributed by atoms with Crippen LogP contribution < -0.4 is 5.19 Å². The minimum absolute atomic E-state index is 0.979. The van der Waals surface area contributed by atoms with Crippen LogP contribution in [-0.2, 0) is 13.0 Å². The van der Waals surface area contributed by atoms with E-state index in [1.165, 1.54) is 38.1 Å². The van der Waals surface area contributed by atoms with Crippen molar-refractivity contribution in [2.45, 2.75) is 46.5 Å². The van der Waals surface area contributed by atoms with Crippen LogP contribution in [0, 0.1) is 0 Å². The second kappa shape index (κ2) is 6.65. The van der Waals surface area contributed by atoms with Crippen LogP contribution in [0.5, 0.6) is 0 Å². The predicted octanol–water partition coefficient (Wildman–Crippen LogP) is 5.98. The van der Waals surface area contributed by atoms with Gasteiger partial charge in [-0.3, -0.25) is 4.98 Å². The van der Waals surface area contributed by atoms with Gasteiger partial charge in [0, 0.05) is 40.1 Å². The second-order valence-electron chi connectivity index (χ2n) is 8.32. The summed E-state index contributed by atoms with van der Waals surface area (Å²) in [7, 11) is -1.37. The molecule has 2 nitrogen and oxygen atoms in total. The Morgan fingerprint density at radius 3 is 2.33 bits per heavy atom. The molecule has 0 bridgehead atoms. The summed E-state index contributed by atoms with van der Waals surface area (Å²) in [6.45, 7) is 12.6. The molecule has 0 N–H and O–H groups in total. The Morgan fingerprint density at radius 2 is 1.63 bits per heavy atom. The van der Waals surface area contributed by atoms with Crippen LogP contribution in [0.15, 0.2) is 54.7 Å². The monoisotopic (exact) mass is 372 g/mol. The number of hydrogen-bond donors (Lipinski definition) is 0. The number of fused-ring (bicyclic) bond motifs is 3. The van der Waals surface area contributed by atoms with Gasteiger partial charge in [0.25, 0.3) is 0 Å². The zero-order valence-corrected chi connectivity index (χ0v) is 18.0. The van der Waals surface area contributed by atoms with E-state index in [9.17, 15) is 0 Å². The summed E-state index contributed by atoms with van der Waals surface area (Å²) in [5.41, 5.74) is 6.36. The summed E-state index contributed by atoms with van der Waals surface area (Å²) in [6.07, 6.45) is 3.20. The van der Waals surface area contributed by atoms with E-state index >= 15 is 0 Å². The third-order valence-corrected chi connectivity index (χ3v) is 7.63. The fourth-order valence-corrected chi connectivity index (χ4v) is 5.84. The van der Waals surface area contributed by atoms with Gasteiger partial charge in [-0.15, -0.1) is 0 Å². The first-order valence-electron chi connectivity index (χ1n) is 9.94. The number of aryl methyl sites for hydroxylation is 2. The molecule has 0 spiro atoms. The Bertz CT molecular complexity index is 1130. The lowest BCUT2D eigenvalue weighted by Gasteiger charge is -2.20. The number of benzene rings is 2.